The Balaban J connectivity index is 2.00. The summed E-state index contributed by atoms with van der Waals surface area (Å²) in [7, 11) is 5.01. The molecule has 2 aromatic carbocycles. The average molecular weight is 374 g/mol. The summed E-state index contributed by atoms with van der Waals surface area (Å²) in [4.78, 5) is 14.1. The average Bonchev–Trinajstić information content (AvgIpc) is 2.61. The third-order valence-corrected chi connectivity index (χ3v) is 4.02. The van der Waals surface area contributed by atoms with Gasteiger partial charge in [0.2, 0.25) is 5.91 Å². The summed E-state index contributed by atoms with van der Waals surface area (Å²) in [6.07, 6.45) is 0. The molecule has 0 unspecified atom stereocenters. The van der Waals surface area contributed by atoms with Gasteiger partial charge in [0.05, 0.1) is 31.4 Å². The fraction of sp³-hybridized carbons (Fsp3) is 0.263. The molecule has 136 valence electrons. The third-order valence-electron chi connectivity index (χ3n) is 3.71. The summed E-state index contributed by atoms with van der Waals surface area (Å²) in [5.41, 5.74) is 1.84. The Kier molecular flexibility index (Phi) is 6.84. The van der Waals surface area contributed by atoms with Gasteiger partial charge in [-0.15, -0.1) is 0 Å². The summed E-state index contributed by atoms with van der Waals surface area (Å²) in [6.45, 7) is 0.694. The number of amides is 1. The zero-order valence-corrected chi connectivity index (χ0v) is 15.6. The molecule has 0 radical (unpaired) electrons. The van der Waals surface area contributed by atoms with E-state index in [9.17, 15) is 4.79 Å². The number of carbonyl (C=O) groups excluding carboxylic acids is 1. The van der Waals surface area contributed by atoms with E-state index in [1.165, 1.54) is 0 Å². The Morgan fingerprint density at radius 3 is 2.65 bits per heavy atom. The lowest BCUT2D eigenvalue weighted by atomic mass is 10.1. The summed E-state index contributed by atoms with van der Waals surface area (Å²) >= 11 is 5.98. The molecule has 0 saturated carbocycles. The summed E-state index contributed by atoms with van der Waals surface area (Å²) in [5.74, 6) is 1.12. The number of nitriles is 1. The molecule has 26 heavy (non-hydrogen) atoms. The molecule has 0 spiro atoms. The first-order chi connectivity index (χ1) is 12.5. The summed E-state index contributed by atoms with van der Waals surface area (Å²) in [6, 6.07) is 12.4. The Morgan fingerprint density at radius 2 is 2.04 bits per heavy atom. The van der Waals surface area contributed by atoms with E-state index in [0.717, 1.165) is 5.56 Å². The number of carbonyl (C=O) groups is 1. The maximum absolute atomic E-state index is 12.2. The number of benzene rings is 2. The largest absolute Gasteiger partial charge is 0.493 e. The van der Waals surface area contributed by atoms with E-state index in [-0.39, 0.29) is 12.5 Å². The van der Waals surface area contributed by atoms with Crippen LogP contribution < -0.4 is 14.8 Å². The molecule has 0 bridgehead atoms. The maximum atomic E-state index is 12.2. The number of para-hydroxylation sites is 1. The maximum Gasteiger partial charge on any atom is 0.238 e. The van der Waals surface area contributed by atoms with Gasteiger partial charge in [0.15, 0.2) is 11.5 Å². The molecule has 1 N–H and O–H groups in total. The highest BCUT2D eigenvalue weighted by Crippen LogP contribution is 2.31. The van der Waals surface area contributed by atoms with Crippen molar-refractivity contribution in [3.8, 4) is 17.6 Å². The van der Waals surface area contributed by atoms with Gasteiger partial charge in [-0.1, -0.05) is 23.7 Å². The molecule has 0 atom stereocenters. The standard InChI is InChI=1S/C19H20ClN3O3/c1-23(11-14-5-4-6-17(25-2)19(14)26-3)12-18(24)22-15-8-7-13(10-21)16(20)9-15/h4-9H,11-12H2,1-3H3,(H,22,24). The molecule has 1 amide bonds. The van der Waals surface area contributed by atoms with Gasteiger partial charge in [-0.2, -0.15) is 5.26 Å². The molecular formula is C19H20ClN3O3. The van der Waals surface area contributed by atoms with E-state index in [0.29, 0.717) is 34.3 Å². The number of methoxy groups -OCH3 is 2. The number of ether oxygens (including phenoxy) is 2. The van der Waals surface area contributed by atoms with Crippen molar-refractivity contribution in [3.05, 3.63) is 52.5 Å². The highest BCUT2D eigenvalue weighted by atomic mass is 35.5. The topological polar surface area (TPSA) is 74.6 Å². The van der Waals surface area contributed by atoms with Gasteiger partial charge in [0.25, 0.3) is 0 Å². The molecule has 0 aliphatic rings. The van der Waals surface area contributed by atoms with Gasteiger partial charge in [-0.3, -0.25) is 9.69 Å². The molecule has 0 heterocycles. The summed E-state index contributed by atoms with van der Waals surface area (Å²) < 4.78 is 10.7. The van der Waals surface area contributed by atoms with Gasteiger partial charge < -0.3 is 14.8 Å². The Hall–Kier alpha value is -2.75. The molecule has 0 saturated heterocycles. The van der Waals surface area contributed by atoms with Crippen LogP contribution in [0.15, 0.2) is 36.4 Å². The van der Waals surface area contributed by atoms with Gasteiger partial charge in [-0.25, -0.2) is 0 Å². The zero-order chi connectivity index (χ0) is 19.1. The summed E-state index contributed by atoms with van der Waals surface area (Å²) in [5, 5.41) is 12.0. The van der Waals surface area contributed by atoms with Crippen molar-refractivity contribution in [2.24, 2.45) is 0 Å². The molecule has 0 aliphatic carbocycles. The second-order valence-corrected chi connectivity index (χ2v) is 6.09. The van der Waals surface area contributed by atoms with Gasteiger partial charge in [-0.05, 0) is 31.3 Å². The van der Waals surface area contributed by atoms with E-state index in [4.69, 9.17) is 26.3 Å². The van der Waals surface area contributed by atoms with Crippen LogP contribution in [0.5, 0.6) is 11.5 Å². The van der Waals surface area contributed by atoms with Crippen LogP contribution in [0.2, 0.25) is 5.02 Å². The molecule has 2 rings (SSSR count). The highest BCUT2D eigenvalue weighted by molar-refractivity contribution is 6.32. The highest BCUT2D eigenvalue weighted by Gasteiger charge is 2.14. The number of nitrogens with one attached hydrogen (secondary N) is 1. The Labute approximate surface area is 157 Å². The van der Waals surface area contributed by atoms with Crippen LogP contribution in [-0.2, 0) is 11.3 Å². The minimum absolute atomic E-state index is 0.179. The minimum Gasteiger partial charge on any atom is -0.493 e. The second-order valence-electron chi connectivity index (χ2n) is 5.68. The van der Waals surface area contributed by atoms with Crippen LogP contribution in [0.4, 0.5) is 5.69 Å². The lowest BCUT2D eigenvalue weighted by Gasteiger charge is -2.19. The molecule has 7 heteroatoms. The van der Waals surface area contributed by atoms with Crippen molar-refractivity contribution in [2.75, 3.05) is 33.1 Å². The van der Waals surface area contributed by atoms with Crippen molar-refractivity contribution >= 4 is 23.2 Å². The Morgan fingerprint density at radius 1 is 1.27 bits per heavy atom. The number of nitrogens with zero attached hydrogens (tertiary/aromatic N) is 2. The van der Waals surface area contributed by atoms with Crippen molar-refractivity contribution < 1.29 is 14.3 Å². The fourth-order valence-electron chi connectivity index (χ4n) is 2.55. The number of likely N-dealkylation sites (N-methyl/N-ethyl adjacent to an activating group) is 1. The van der Waals surface area contributed by atoms with E-state index in [1.807, 2.05) is 36.2 Å². The number of rotatable bonds is 7. The first-order valence-corrected chi connectivity index (χ1v) is 8.24. The third kappa shape index (κ3) is 4.88. The SMILES string of the molecule is COc1cccc(CN(C)CC(=O)Nc2ccc(C#N)c(Cl)c2)c1OC. The van der Waals surface area contributed by atoms with Crippen molar-refractivity contribution in [1.82, 2.24) is 4.90 Å². The normalized spacial score (nSPS) is 10.3. The molecule has 0 fully saturated rings. The first kappa shape index (κ1) is 19.6. The van der Waals surface area contributed by atoms with Crippen LogP contribution in [0, 0.1) is 11.3 Å². The van der Waals surface area contributed by atoms with Crippen molar-refractivity contribution in [1.29, 1.82) is 5.26 Å². The van der Waals surface area contributed by atoms with Crippen LogP contribution in [0.25, 0.3) is 0 Å². The monoisotopic (exact) mass is 373 g/mol. The lowest BCUT2D eigenvalue weighted by Crippen LogP contribution is -2.30. The fourth-order valence-corrected chi connectivity index (χ4v) is 2.78. The molecule has 6 nitrogen and oxygen atoms in total. The molecule has 2 aromatic rings. The number of hydrogen-bond acceptors (Lipinski definition) is 5. The number of hydrogen-bond donors (Lipinski definition) is 1. The van der Waals surface area contributed by atoms with Crippen molar-refractivity contribution in [3.63, 3.8) is 0 Å². The number of anilines is 1. The van der Waals surface area contributed by atoms with Crippen LogP contribution in [-0.4, -0.2) is 38.6 Å². The number of halogens is 1. The zero-order valence-electron chi connectivity index (χ0n) is 14.9. The van der Waals surface area contributed by atoms with Crippen LogP contribution in [0.3, 0.4) is 0 Å². The second kappa shape index (κ2) is 9.09. The van der Waals surface area contributed by atoms with E-state index < -0.39 is 0 Å². The minimum atomic E-state index is -0.185. The predicted octanol–water partition coefficient (Wildman–Crippen LogP) is 3.30. The molecular weight excluding hydrogens is 354 g/mol. The van der Waals surface area contributed by atoms with E-state index in [2.05, 4.69) is 5.32 Å². The van der Waals surface area contributed by atoms with Crippen LogP contribution >= 0.6 is 11.6 Å². The molecule has 0 aliphatic heterocycles. The smallest absolute Gasteiger partial charge is 0.238 e. The van der Waals surface area contributed by atoms with Gasteiger partial charge in [0.1, 0.15) is 6.07 Å². The van der Waals surface area contributed by atoms with Crippen molar-refractivity contribution in [2.45, 2.75) is 6.54 Å². The van der Waals surface area contributed by atoms with E-state index in [1.54, 1.807) is 32.4 Å². The molecule has 0 aromatic heterocycles. The lowest BCUT2D eigenvalue weighted by molar-refractivity contribution is -0.117. The van der Waals surface area contributed by atoms with Crippen LogP contribution in [0.1, 0.15) is 11.1 Å². The van der Waals surface area contributed by atoms with E-state index >= 15 is 0 Å². The van der Waals surface area contributed by atoms with Gasteiger partial charge >= 0.3 is 0 Å². The quantitative estimate of drug-likeness (QED) is 0.806. The first-order valence-electron chi connectivity index (χ1n) is 7.86. The Bertz CT molecular complexity index is 833. The predicted molar refractivity (Wildman–Crippen MR) is 101 cm³/mol. The van der Waals surface area contributed by atoms with Gasteiger partial charge in [0, 0.05) is 17.8 Å².